The number of ether oxygens (including phenoxy) is 1. The minimum Gasteiger partial charge on any atom is -0.508 e. The lowest BCUT2D eigenvalue weighted by Crippen LogP contribution is -2.33. The van der Waals surface area contributed by atoms with E-state index in [1.54, 1.807) is 12.1 Å². The first kappa shape index (κ1) is 19.5. The SMILES string of the molecule is CC(CNc1ncnc2c1ncn2[C@@H]1O[C@H](CO)[C@@H](O)[C@H]1O)c1ccc(O)cc1. The van der Waals surface area contributed by atoms with Crippen LogP contribution >= 0.6 is 0 Å². The molecule has 1 aliphatic rings. The molecule has 1 aromatic carbocycles. The third kappa shape index (κ3) is 3.62. The fourth-order valence-corrected chi connectivity index (χ4v) is 3.45. The summed E-state index contributed by atoms with van der Waals surface area (Å²) in [5.41, 5.74) is 2.01. The zero-order valence-electron chi connectivity index (χ0n) is 15.8. The van der Waals surface area contributed by atoms with Gasteiger partial charge in [0.15, 0.2) is 23.2 Å². The van der Waals surface area contributed by atoms with Gasteiger partial charge in [0.2, 0.25) is 0 Å². The van der Waals surface area contributed by atoms with Crippen LogP contribution < -0.4 is 5.32 Å². The molecule has 1 unspecified atom stereocenters. The fourth-order valence-electron chi connectivity index (χ4n) is 3.45. The van der Waals surface area contributed by atoms with Crippen LogP contribution in [0.15, 0.2) is 36.9 Å². The normalized spacial score (nSPS) is 25.4. The van der Waals surface area contributed by atoms with Crippen LogP contribution in [0.4, 0.5) is 5.82 Å². The number of phenols is 1. The highest BCUT2D eigenvalue weighted by molar-refractivity contribution is 5.82. The topological polar surface area (TPSA) is 146 Å². The number of benzene rings is 1. The number of imidazole rings is 1. The zero-order chi connectivity index (χ0) is 20.5. The molecule has 0 spiro atoms. The van der Waals surface area contributed by atoms with Gasteiger partial charge in [-0.3, -0.25) is 4.57 Å². The molecule has 154 valence electrons. The van der Waals surface area contributed by atoms with Crippen LogP contribution in [0.1, 0.15) is 24.6 Å². The van der Waals surface area contributed by atoms with E-state index in [9.17, 15) is 20.4 Å². The third-order valence-corrected chi connectivity index (χ3v) is 5.19. The number of aromatic nitrogens is 4. The van der Waals surface area contributed by atoms with Crippen LogP contribution in [0.3, 0.4) is 0 Å². The largest absolute Gasteiger partial charge is 0.508 e. The molecule has 3 aromatic rings. The predicted octanol–water partition coefficient (Wildman–Crippen LogP) is 0.359. The number of fused-ring (bicyclic) bond motifs is 1. The minimum atomic E-state index is -1.22. The molecular weight excluding hydrogens is 378 g/mol. The van der Waals surface area contributed by atoms with Crippen LogP contribution in [0.2, 0.25) is 0 Å². The van der Waals surface area contributed by atoms with E-state index in [0.717, 1.165) is 5.56 Å². The molecular formula is C19H23N5O5. The fraction of sp³-hybridized carbons (Fsp3) is 0.421. The van der Waals surface area contributed by atoms with Crippen LogP contribution in [0.5, 0.6) is 5.75 Å². The molecule has 10 nitrogen and oxygen atoms in total. The lowest BCUT2D eigenvalue weighted by atomic mass is 10.0. The van der Waals surface area contributed by atoms with Gasteiger partial charge in [-0.05, 0) is 23.6 Å². The maximum atomic E-state index is 10.3. The lowest BCUT2D eigenvalue weighted by Gasteiger charge is -2.17. The van der Waals surface area contributed by atoms with Crippen molar-refractivity contribution in [3.8, 4) is 5.75 Å². The van der Waals surface area contributed by atoms with Crippen molar-refractivity contribution in [3.05, 3.63) is 42.5 Å². The summed E-state index contributed by atoms with van der Waals surface area (Å²) in [6.07, 6.45) is -1.36. The molecule has 2 aromatic heterocycles. The number of aromatic hydroxyl groups is 1. The molecule has 5 N–H and O–H groups in total. The first-order valence-electron chi connectivity index (χ1n) is 9.32. The minimum absolute atomic E-state index is 0.156. The van der Waals surface area contributed by atoms with Crippen molar-refractivity contribution in [2.75, 3.05) is 18.5 Å². The van der Waals surface area contributed by atoms with E-state index in [0.29, 0.717) is 23.5 Å². The van der Waals surface area contributed by atoms with Crippen molar-refractivity contribution in [2.45, 2.75) is 37.4 Å². The Morgan fingerprint density at radius 2 is 1.90 bits per heavy atom. The Morgan fingerprint density at radius 1 is 1.14 bits per heavy atom. The second-order valence-electron chi connectivity index (χ2n) is 7.15. The second kappa shape index (κ2) is 7.91. The van der Waals surface area contributed by atoms with Crippen molar-refractivity contribution < 1.29 is 25.2 Å². The summed E-state index contributed by atoms with van der Waals surface area (Å²) in [5.74, 6) is 0.913. The molecule has 5 atom stereocenters. The summed E-state index contributed by atoms with van der Waals surface area (Å²) in [6.45, 7) is 2.23. The van der Waals surface area contributed by atoms with Gasteiger partial charge in [-0.15, -0.1) is 0 Å². The highest BCUT2D eigenvalue weighted by atomic mass is 16.6. The van der Waals surface area contributed by atoms with E-state index in [-0.39, 0.29) is 11.7 Å². The number of phenolic OH excluding ortho intramolecular Hbond substituents is 1. The summed E-state index contributed by atoms with van der Waals surface area (Å²) in [7, 11) is 0. The summed E-state index contributed by atoms with van der Waals surface area (Å²) in [4.78, 5) is 12.8. The average Bonchev–Trinajstić information content (AvgIpc) is 3.28. The molecule has 29 heavy (non-hydrogen) atoms. The average molecular weight is 401 g/mol. The van der Waals surface area contributed by atoms with E-state index >= 15 is 0 Å². The van der Waals surface area contributed by atoms with Crippen molar-refractivity contribution in [1.82, 2.24) is 19.5 Å². The molecule has 1 saturated heterocycles. The molecule has 3 heterocycles. The van der Waals surface area contributed by atoms with E-state index in [1.807, 2.05) is 12.1 Å². The third-order valence-electron chi connectivity index (χ3n) is 5.19. The van der Waals surface area contributed by atoms with Crippen LogP contribution in [-0.2, 0) is 4.74 Å². The van der Waals surface area contributed by atoms with Gasteiger partial charge in [-0.25, -0.2) is 15.0 Å². The highest BCUT2D eigenvalue weighted by Gasteiger charge is 2.44. The molecule has 4 rings (SSSR count). The van der Waals surface area contributed by atoms with E-state index in [4.69, 9.17) is 4.74 Å². The number of hydrogen-bond acceptors (Lipinski definition) is 9. The van der Waals surface area contributed by atoms with E-state index in [2.05, 4.69) is 27.2 Å². The Labute approximate surface area is 166 Å². The van der Waals surface area contributed by atoms with Crippen LogP contribution in [-0.4, -0.2) is 71.4 Å². The second-order valence-corrected chi connectivity index (χ2v) is 7.15. The van der Waals surface area contributed by atoms with E-state index in [1.165, 1.54) is 17.2 Å². The number of nitrogens with one attached hydrogen (secondary N) is 1. The van der Waals surface area contributed by atoms with Gasteiger partial charge in [-0.2, -0.15) is 0 Å². The van der Waals surface area contributed by atoms with Crippen molar-refractivity contribution in [1.29, 1.82) is 0 Å². The summed E-state index contributed by atoms with van der Waals surface area (Å²) >= 11 is 0. The molecule has 1 aliphatic heterocycles. The Balaban J connectivity index is 1.54. The zero-order valence-corrected chi connectivity index (χ0v) is 15.8. The number of aliphatic hydroxyl groups is 3. The summed E-state index contributed by atoms with van der Waals surface area (Å²) < 4.78 is 7.09. The maximum absolute atomic E-state index is 10.3. The van der Waals surface area contributed by atoms with Crippen molar-refractivity contribution in [3.63, 3.8) is 0 Å². The smallest absolute Gasteiger partial charge is 0.167 e. The predicted molar refractivity (Wildman–Crippen MR) is 103 cm³/mol. The van der Waals surface area contributed by atoms with Gasteiger partial charge in [0.25, 0.3) is 0 Å². The van der Waals surface area contributed by atoms with Crippen LogP contribution in [0.25, 0.3) is 11.2 Å². The number of aliphatic hydroxyl groups excluding tert-OH is 3. The van der Waals surface area contributed by atoms with Crippen LogP contribution in [0, 0.1) is 0 Å². The highest BCUT2D eigenvalue weighted by Crippen LogP contribution is 2.32. The molecule has 0 saturated carbocycles. The first-order chi connectivity index (χ1) is 14.0. The van der Waals surface area contributed by atoms with Gasteiger partial charge in [-0.1, -0.05) is 19.1 Å². The lowest BCUT2D eigenvalue weighted by molar-refractivity contribution is -0.0511. The molecule has 0 bridgehead atoms. The van der Waals surface area contributed by atoms with Gasteiger partial charge in [0.1, 0.15) is 30.4 Å². The van der Waals surface area contributed by atoms with Crippen molar-refractivity contribution in [2.24, 2.45) is 0 Å². The monoisotopic (exact) mass is 401 g/mol. The molecule has 0 aliphatic carbocycles. The summed E-state index contributed by atoms with van der Waals surface area (Å²) in [5, 5.41) is 42.2. The molecule has 0 radical (unpaired) electrons. The Kier molecular flexibility index (Phi) is 5.33. The Morgan fingerprint density at radius 3 is 2.59 bits per heavy atom. The van der Waals surface area contributed by atoms with Crippen molar-refractivity contribution >= 4 is 17.0 Å². The first-order valence-corrected chi connectivity index (χ1v) is 9.32. The molecule has 0 amide bonds. The number of rotatable bonds is 6. The number of anilines is 1. The summed E-state index contributed by atoms with van der Waals surface area (Å²) in [6, 6.07) is 7.04. The standard InChI is InChI=1S/C19H23N5O5/c1-10(11-2-4-12(26)5-3-11)6-20-17-14-18(22-8-21-17)24(9-23-14)19-16(28)15(27)13(7-25)29-19/h2-5,8-10,13,15-16,19,25-28H,6-7H2,1H3,(H,20,21,22)/t10?,13-,15-,16-,19-/m1/s1. The van der Waals surface area contributed by atoms with Gasteiger partial charge in [0, 0.05) is 6.54 Å². The molecule has 10 heteroatoms. The Hall–Kier alpha value is -2.79. The van der Waals surface area contributed by atoms with Gasteiger partial charge < -0.3 is 30.5 Å². The quantitative estimate of drug-likeness (QED) is 0.395. The Bertz CT molecular complexity index is 979. The maximum Gasteiger partial charge on any atom is 0.167 e. The van der Waals surface area contributed by atoms with Gasteiger partial charge >= 0.3 is 0 Å². The van der Waals surface area contributed by atoms with E-state index < -0.39 is 31.1 Å². The number of nitrogens with zero attached hydrogens (tertiary/aromatic N) is 4. The number of hydrogen-bond donors (Lipinski definition) is 5. The molecule has 1 fully saturated rings. The van der Waals surface area contributed by atoms with Gasteiger partial charge in [0.05, 0.1) is 12.9 Å².